The van der Waals surface area contributed by atoms with Crippen molar-refractivity contribution in [3.63, 3.8) is 0 Å². The third kappa shape index (κ3) is 5.50. The van der Waals surface area contributed by atoms with E-state index in [1.807, 2.05) is 0 Å². The Kier molecular flexibility index (Phi) is 6.38. The van der Waals surface area contributed by atoms with Gasteiger partial charge in [0.15, 0.2) is 0 Å². The van der Waals surface area contributed by atoms with Crippen LogP contribution >= 0.6 is 0 Å². The predicted octanol–water partition coefficient (Wildman–Crippen LogP) is 0.977. The first kappa shape index (κ1) is 20.2. The van der Waals surface area contributed by atoms with Crippen LogP contribution < -0.4 is 15.6 Å². The molecule has 9 nitrogen and oxygen atoms in total. The summed E-state index contributed by atoms with van der Waals surface area (Å²) >= 11 is 0. The molecule has 29 heavy (non-hydrogen) atoms. The number of amides is 2. The Morgan fingerprint density at radius 3 is 2.62 bits per heavy atom. The van der Waals surface area contributed by atoms with Gasteiger partial charge in [0.25, 0.3) is 17.4 Å². The third-order valence-corrected chi connectivity index (χ3v) is 4.71. The zero-order valence-corrected chi connectivity index (χ0v) is 16.0. The number of carbonyl (C=O) groups excluding carboxylic acids is 3. The van der Waals surface area contributed by atoms with Crippen molar-refractivity contribution in [2.45, 2.75) is 19.8 Å². The number of rotatable bonds is 5. The van der Waals surface area contributed by atoms with Crippen molar-refractivity contribution in [3.05, 3.63) is 58.0 Å². The summed E-state index contributed by atoms with van der Waals surface area (Å²) in [6, 6.07) is 9.14. The Morgan fingerprint density at radius 1 is 1.21 bits per heavy atom. The third-order valence-electron chi connectivity index (χ3n) is 4.71. The van der Waals surface area contributed by atoms with Crippen molar-refractivity contribution in [1.82, 2.24) is 20.4 Å². The molecule has 0 bridgehead atoms. The summed E-state index contributed by atoms with van der Waals surface area (Å²) in [5, 5.41) is 8.93. The number of aromatic nitrogens is 2. The molecule has 1 aromatic carbocycles. The van der Waals surface area contributed by atoms with E-state index in [4.69, 9.17) is 4.74 Å². The van der Waals surface area contributed by atoms with Gasteiger partial charge in [-0.25, -0.2) is 5.10 Å². The number of likely N-dealkylation sites (tertiary alicyclic amines) is 1. The molecule has 2 heterocycles. The van der Waals surface area contributed by atoms with Crippen LogP contribution in [0.1, 0.15) is 40.6 Å². The lowest BCUT2D eigenvalue weighted by Crippen LogP contribution is -2.42. The lowest BCUT2D eigenvalue weighted by molar-refractivity contribution is -0.131. The van der Waals surface area contributed by atoms with E-state index in [1.54, 1.807) is 23.1 Å². The molecule has 1 aromatic heterocycles. The van der Waals surface area contributed by atoms with Gasteiger partial charge >= 0.3 is 5.97 Å². The second kappa shape index (κ2) is 9.13. The van der Waals surface area contributed by atoms with Crippen molar-refractivity contribution in [2.75, 3.05) is 19.6 Å². The molecule has 0 aliphatic carbocycles. The number of H-pyrrole nitrogens is 1. The maximum absolute atomic E-state index is 12.4. The average molecular weight is 398 g/mol. The van der Waals surface area contributed by atoms with E-state index in [-0.39, 0.29) is 29.0 Å². The van der Waals surface area contributed by atoms with Crippen molar-refractivity contribution in [2.24, 2.45) is 5.92 Å². The smallest absolute Gasteiger partial charge is 0.308 e. The number of nitrogens with zero attached hydrogens (tertiary/aromatic N) is 2. The number of aromatic amines is 1. The summed E-state index contributed by atoms with van der Waals surface area (Å²) in [5.74, 6) is -0.321. The highest BCUT2D eigenvalue weighted by atomic mass is 16.5. The molecule has 1 saturated heterocycles. The highest BCUT2D eigenvalue weighted by molar-refractivity contribution is 5.94. The fourth-order valence-electron chi connectivity index (χ4n) is 3.17. The van der Waals surface area contributed by atoms with Crippen LogP contribution in [0.15, 0.2) is 41.2 Å². The van der Waals surface area contributed by atoms with E-state index in [2.05, 4.69) is 15.5 Å². The Labute approximate surface area is 167 Å². The van der Waals surface area contributed by atoms with Crippen LogP contribution in [0.25, 0.3) is 0 Å². The number of hydrogen-bond donors (Lipinski definition) is 2. The molecule has 152 valence electrons. The molecular formula is C20H22N4O5. The quantitative estimate of drug-likeness (QED) is 0.572. The van der Waals surface area contributed by atoms with Gasteiger partial charge < -0.3 is 15.0 Å². The van der Waals surface area contributed by atoms with Crippen LogP contribution in [0.2, 0.25) is 0 Å². The number of carbonyl (C=O) groups is 3. The highest BCUT2D eigenvalue weighted by Gasteiger charge is 2.25. The number of benzene rings is 1. The van der Waals surface area contributed by atoms with Gasteiger partial charge in [0.1, 0.15) is 11.4 Å². The van der Waals surface area contributed by atoms with Gasteiger partial charge in [-0.3, -0.25) is 19.2 Å². The number of ether oxygens (including phenoxy) is 1. The summed E-state index contributed by atoms with van der Waals surface area (Å²) in [4.78, 5) is 48.6. The minimum absolute atomic E-state index is 0.212. The molecule has 0 atom stereocenters. The second-order valence-electron chi connectivity index (χ2n) is 6.87. The molecule has 3 rings (SSSR count). The zero-order chi connectivity index (χ0) is 20.8. The van der Waals surface area contributed by atoms with Crippen LogP contribution in [-0.2, 0) is 4.79 Å². The summed E-state index contributed by atoms with van der Waals surface area (Å²) in [6.07, 6.45) is 1.51. The standard InChI is InChI=1S/C20H22N4O5/c1-13(25)29-16-4-2-3-15(11-16)19(27)21-12-14-7-9-24(10-8-14)20(28)17-5-6-18(26)23-22-17/h2-6,11,14H,7-10,12H2,1H3,(H,21,27)(H,23,26). The number of esters is 1. The SMILES string of the molecule is CC(=O)Oc1cccc(C(=O)NCC2CCN(C(=O)c3ccc(=O)[nH]n3)CC2)c1. The summed E-state index contributed by atoms with van der Waals surface area (Å²) in [7, 11) is 0. The van der Waals surface area contributed by atoms with Crippen molar-refractivity contribution in [1.29, 1.82) is 0 Å². The molecular weight excluding hydrogens is 376 g/mol. The summed E-state index contributed by atoms with van der Waals surface area (Å²) < 4.78 is 5.00. The second-order valence-corrected chi connectivity index (χ2v) is 6.87. The van der Waals surface area contributed by atoms with E-state index in [9.17, 15) is 19.2 Å². The van der Waals surface area contributed by atoms with E-state index >= 15 is 0 Å². The van der Waals surface area contributed by atoms with Crippen LogP contribution in [0.5, 0.6) is 5.75 Å². The molecule has 0 saturated carbocycles. The molecule has 0 unspecified atom stereocenters. The average Bonchev–Trinajstić information content (AvgIpc) is 2.72. The van der Waals surface area contributed by atoms with Gasteiger partial charge in [0.2, 0.25) is 0 Å². The Hall–Kier alpha value is -3.49. The monoisotopic (exact) mass is 398 g/mol. The molecule has 9 heteroatoms. The number of piperidine rings is 1. The first-order valence-electron chi connectivity index (χ1n) is 9.34. The molecule has 1 aliphatic heterocycles. The molecule has 2 amide bonds. The molecule has 1 aliphatic rings. The number of nitrogens with one attached hydrogen (secondary N) is 2. The summed E-state index contributed by atoms with van der Waals surface area (Å²) in [6.45, 7) is 2.91. The lowest BCUT2D eigenvalue weighted by atomic mass is 9.96. The number of hydrogen-bond acceptors (Lipinski definition) is 6. The van der Waals surface area contributed by atoms with Gasteiger partial charge in [-0.05, 0) is 43.0 Å². The first-order chi connectivity index (χ1) is 13.9. The van der Waals surface area contributed by atoms with Crippen molar-refractivity contribution in [3.8, 4) is 5.75 Å². The van der Waals surface area contributed by atoms with Crippen LogP contribution in [0.4, 0.5) is 0 Å². The fourth-order valence-corrected chi connectivity index (χ4v) is 3.17. The molecule has 1 fully saturated rings. The normalized spacial score (nSPS) is 14.3. The van der Waals surface area contributed by atoms with Crippen LogP contribution in [0, 0.1) is 5.92 Å². The lowest BCUT2D eigenvalue weighted by Gasteiger charge is -2.31. The van der Waals surface area contributed by atoms with Gasteiger partial charge in [-0.15, -0.1) is 0 Å². The van der Waals surface area contributed by atoms with E-state index in [0.29, 0.717) is 30.9 Å². The summed E-state index contributed by atoms with van der Waals surface area (Å²) in [5.41, 5.74) is 0.277. The Balaban J connectivity index is 1.48. The van der Waals surface area contributed by atoms with Crippen molar-refractivity contribution >= 4 is 17.8 Å². The van der Waals surface area contributed by atoms with Gasteiger partial charge in [0, 0.05) is 38.2 Å². The minimum Gasteiger partial charge on any atom is -0.427 e. The minimum atomic E-state index is -0.444. The highest BCUT2D eigenvalue weighted by Crippen LogP contribution is 2.18. The van der Waals surface area contributed by atoms with E-state index in [1.165, 1.54) is 25.1 Å². The van der Waals surface area contributed by atoms with Gasteiger partial charge in [0.05, 0.1) is 0 Å². The molecule has 2 aromatic rings. The topological polar surface area (TPSA) is 121 Å². The maximum Gasteiger partial charge on any atom is 0.308 e. The zero-order valence-electron chi connectivity index (χ0n) is 16.0. The molecule has 0 spiro atoms. The van der Waals surface area contributed by atoms with E-state index in [0.717, 1.165) is 12.8 Å². The van der Waals surface area contributed by atoms with Crippen molar-refractivity contribution < 1.29 is 19.1 Å². The largest absolute Gasteiger partial charge is 0.427 e. The van der Waals surface area contributed by atoms with E-state index < -0.39 is 5.97 Å². The maximum atomic E-state index is 12.4. The van der Waals surface area contributed by atoms with Gasteiger partial charge in [-0.1, -0.05) is 6.07 Å². The predicted molar refractivity (Wildman–Crippen MR) is 104 cm³/mol. The van der Waals surface area contributed by atoms with Crippen LogP contribution in [0.3, 0.4) is 0 Å². The Morgan fingerprint density at radius 2 is 1.97 bits per heavy atom. The van der Waals surface area contributed by atoms with Crippen LogP contribution in [-0.4, -0.2) is 52.5 Å². The Bertz CT molecular complexity index is 943. The fraction of sp³-hybridized carbons (Fsp3) is 0.350. The molecule has 2 N–H and O–H groups in total. The van der Waals surface area contributed by atoms with Gasteiger partial charge in [-0.2, -0.15) is 5.10 Å². The molecule has 0 radical (unpaired) electrons. The first-order valence-corrected chi connectivity index (χ1v) is 9.34.